The predicted octanol–water partition coefficient (Wildman–Crippen LogP) is 3.13. The number of urea groups is 1. The van der Waals surface area contributed by atoms with Crippen LogP contribution in [0.5, 0.6) is 0 Å². The van der Waals surface area contributed by atoms with E-state index in [4.69, 9.17) is 0 Å². The number of amides is 2. The monoisotopic (exact) mass is 318 g/mol. The van der Waals surface area contributed by atoms with Gasteiger partial charge < -0.3 is 15.7 Å². The van der Waals surface area contributed by atoms with Crippen molar-refractivity contribution in [3.8, 4) is 0 Å². The Morgan fingerprint density at radius 3 is 2.30 bits per heavy atom. The summed E-state index contributed by atoms with van der Waals surface area (Å²) in [6.07, 6.45) is 4.47. The van der Waals surface area contributed by atoms with Gasteiger partial charge in [-0.05, 0) is 35.8 Å². The molecule has 23 heavy (non-hydrogen) atoms. The van der Waals surface area contributed by atoms with Crippen LogP contribution in [0.2, 0.25) is 0 Å². The van der Waals surface area contributed by atoms with Crippen molar-refractivity contribution in [1.82, 2.24) is 10.6 Å². The molecule has 0 saturated heterocycles. The van der Waals surface area contributed by atoms with E-state index < -0.39 is 5.60 Å². The second-order valence-corrected chi connectivity index (χ2v) is 7.74. The van der Waals surface area contributed by atoms with E-state index >= 15 is 0 Å². The third kappa shape index (κ3) is 5.54. The lowest BCUT2D eigenvalue weighted by atomic mass is 9.86. The Balaban J connectivity index is 1.69. The SMILES string of the molecule is CC(C)(C)c1ccc(CCNC(=O)NCC2(O)CCCC2)cc1. The van der Waals surface area contributed by atoms with Gasteiger partial charge in [0.25, 0.3) is 0 Å². The van der Waals surface area contributed by atoms with E-state index in [9.17, 15) is 9.90 Å². The van der Waals surface area contributed by atoms with Gasteiger partial charge in [0.2, 0.25) is 0 Å². The van der Waals surface area contributed by atoms with E-state index in [1.54, 1.807) is 0 Å². The fourth-order valence-corrected chi connectivity index (χ4v) is 3.01. The zero-order valence-corrected chi connectivity index (χ0v) is 14.6. The zero-order valence-electron chi connectivity index (χ0n) is 14.6. The lowest BCUT2D eigenvalue weighted by Crippen LogP contribution is -2.45. The Kier molecular flexibility index (Phi) is 5.69. The van der Waals surface area contributed by atoms with E-state index in [-0.39, 0.29) is 11.4 Å². The van der Waals surface area contributed by atoms with Crippen LogP contribution in [0.25, 0.3) is 0 Å². The Hall–Kier alpha value is -1.55. The number of rotatable bonds is 5. The van der Waals surface area contributed by atoms with Gasteiger partial charge >= 0.3 is 6.03 Å². The number of hydrogen-bond donors (Lipinski definition) is 3. The van der Waals surface area contributed by atoms with Gasteiger partial charge in [0, 0.05) is 13.1 Å². The van der Waals surface area contributed by atoms with Gasteiger partial charge in [-0.1, -0.05) is 57.9 Å². The Morgan fingerprint density at radius 2 is 1.74 bits per heavy atom. The molecule has 0 heterocycles. The molecule has 1 aliphatic rings. The number of nitrogens with one attached hydrogen (secondary N) is 2. The molecular formula is C19H30N2O2. The lowest BCUT2D eigenvalue weighted by molar-refractivity contribution is 0.0501. The molecule has 0 radical (unpaired) electrons. The van der Waals surface area contributed by atoms with Crippen molar-refractivity contribution in [2.75, 3.05) is 13.1 Å². The molecule has 2 rings (SSSR count). The van der Waals surface area contributed by atoms with Crippen LogP contribution < -0.4 is 10.6 Å². The summed E-state index contributed by atoms with van der Waals surface area (Å²) in [6, 6.07) is 8.37. The van der Waals surface area contributed by atoms with Crippen LogP contribution in [0.3, 0.4) is 0 Å². The van der Waals surface area contributed by atoms with Crippen LogP contribution in [0, 0.1) is 0 Å². The average molecular weight is 318 g/mol. The second kappa shape index (κ2) is 7.35. The predicted molar refractivity (Wildman–Crippen MR) is 93.7 cm³/mol. The summed E-state index contributed by atoms with van der Waals surface area (Å²) < 4.78 is 0. The van der Waals surface area contributed by atoms with Gasteiger partial charge in [-0.2, -0.15) is 0 Å². The molecule has 128 valence electrons. The minimum Gasteiger partial charge on any atom is -0.388 e. The first kappa shape index (κ1) is 17.8. The van der Waals surface area contributed by atoms with Crippen LogP contribution in [0.15, 0.2) is 24.3 Å². The van der Waals surface area contributed by atoms with Gasteiger partial charge in [-0.15, -0.1) is 0 Å². The van der Waals surface area contributed by atoms with Crippen LogP contribution >= 0.6 is 0 Å². The third-order valence-corrected chi connectivity index (χ3v) is 4.63. The number of carbonyl (C=O) groups is 1. The molecule has 0 unspecified atom stereocenters. The fraction of sp³-hybridized carbons (Fsp3) is 0.632. The molecule has 0 atom stereocenters. The van der Waals surface area contributed by atoms with Gasteiger partial charge in [0.1, 0.15) is 0 Å². The van der Waals surface area contributed by atoms with Crippen molar-refractivity contribution in [2.45, 2.75) is 63.9 Å². The highest BCUT2D eigenvalue weighted by molar-refractivity contribution is 5.73. The molecule has 4 heteroatoms. The maximum atomic E-state index is 11.8. The van der Waals surface area contributed by atoms with Gasteiger partial charge in [0.15, 0.2) is 0 Å². The summed E-state index contributed by atoms with van der Waals surface area (Å²) in [5, 5.41) is 15.8. The number of benzene rings is 1. The molecule has 1 aromatic rings. The van der Waals surface area contributed by atoms with Crippen molar-refractivity contribution in [2.24, 2.45) is 0 Å². The Labute approximate surface area is 139 Å². The number of carbonyl (C=O) groups excluding carboxylic acids is 1. The van der Waals surface area contributed by atoms with Crippen molar-refractivity contribution >= 4 is 6.03 Å². The maximum Gasteiger partial charge on any atom is 0.314 e. The summed E-state index contributed by atoms with van der Waals surface area (Å²) in [5.74, 6) is 0. The van der Waals surface area contributed by atoms with Crippen LogP contribution in [0.1, 0.15) is 57.6 Å². The number of aliphatic hydroxyl groups is 1. The van der Waals surface area contributed by atoms with Crippen LogP contribution in [-0.2, 0) is 11.8 Å². The second-order valence-electron chi connectivity index (χ2n) is 7.74. The molecule has 1 aliphatic carbocycles. The van der Waals surface area contributed by atoms with E-state index in [0.29, 0.717) is 13.1 Å². The van der Waals surface area contributed by atoms with Gasteiger partial charge in [-0.25, -0.2) is 4.79 Å². The summed E-state index contributed by atoms with van der Waals surface area (Å²) in [6.45, 7) is 7.54. The normalized spacial score (nSPS) is 17.0. The third-order valence-electron chi connectivity index (χ3n) is 4.63. The molecule has 0 aliphatic heterocycles. The summed E-state index contributed by atoms with van der Waals surface area (Å²) in [7, 11) is 0. The molecule has 0 aromatic heterocycles. The first-order valence-electron chi connectivity index (χ1n) is 8.62. The smallest absolute Gasteiger partial charge is 0.314 e. The Bertz CT molecular complexity index is 511. The van der Waals surface area contributed by atoms with E-state index in [1.165, 1.54) is 11.1 Å². The summed E-state index contributed by atoms with van der Waals surface area (Å²) in [5.41, 5.74) is 2.00. The molecule has 0 bridgehead atoms. The molecule has 2 amide bonds. The highest BCUT2D eigenvalue weighted by atomic mass is 16.3. The van der Waals surface area contributed by atoms with Crippen molar-refractivity contribution in [3.05, 3.63) is 35.4 Å². The van der Waals surface area contributed by atoms with Crippen LogP contribution in [-0.4, -0.2) is 29.8 Å². The van der Waals surface area contributed by atoms with Crippen LogP contribution in [0.4, 0.5) is 4.79 Å². The highest BCUT2D eigenvalue weighted by Gasteiger charge is 2.31. The quantitative estimate of drug-likeness (QED) is 0.781. The number of hydrogen-bond acceptors (Lipinski definition) is 2. The zero-order chi connectivity index (χ0) is 16.9. The molecule has 1 saturated carbocycles. The lowest BCUT2D eigenvalue weighted by Gasteiger charge is -2.22. The van der Waals surface area contributed by atoms with Gasteiger partial charge in [0.05, 0.1) is 5.60 Å². The standard InChI is InChI=1S/C19H30N2O2/c1-18(2,3)16-8-6-15(7-9-16)10-13-20-17(22)21-14-19(23)11-4-5-12-19/h6-9,23H,4-5,10-14H2,1-3H3,(H2,20,21,22). The highest BCUT2D eigenvalue weighted by Crippen LogP contribution is 2.28. The molecule has 0 spiro atoms. The average Bonchev–Trinajstić information content (AvgIpc) is 2.92. The van der Waals surface area contributed by atoms with E-state index in [1.807, 2.05) is 0 Å². The van der Waals surface area contributed by atoms with Crippen molar-refractivity contribution in [3.63, 3.8) is 0 Å². The summed E-state index contributed by atoms with van der Waals surface area (Å²) >= 11 is 0. The minimum absolute atomic E-state index is 0.164. The first-order chi connectivity index (χ1) is 10.8. The molecule has 1 aromatic carbocycles. The first-order valence-corrected chi connectivity index (χ1v) is 8.62. The van der Waals surface area contributed by atoms with Crippen molar-refractivity contribution in [1.29, 1.82) is 0 Å². The maximum absolute atomic E-state index is 11.8. The topological polar surface area (TPSA) is 61.4 Å². The van der Waals surface area contributed by atoms with E-state index in [0.717, 1.165) is 32.1 Å². The molecule has 1 fully saturated rings. The largest absolute Gasteiger partial charge is 0.388 e. The van der Waals surface area contributed by atoms with E-state index in [2.05, 4.69) is 55.7 Å². The fourth-order valence-electron chi connectivity index (χ4n) is 3.01. The molecule has 3 N–H and O–H groups in total. The van der Waals surface area contributed by atoms with Crippen molar-refractivity contribution < 1.29 is 9.90 Å². The molecular weight excluding hydrogens is 288 g/mol. The molecule has 4 nitrogen and oxygen atoms in total. The van der Waals surface area contributed by atoms with Gasteiger partial charge in [-0.3, -0.25) is 0 Å². The summed E-state index contributed by atoms with van der Waals surface area (Å²) in [4.78, 5) is 11.8. The minimum atomic E-state index is -0.694. The Morgan fingerprint density at radius 1 is 1.13 bits per heavy atom.